The molecule has 2 unspecified atom stereocenters. The molecular formula is C18H37NO3. The maximum atomic E-state index is 12.5. The van der Waals surface area contributed by atoms with Gasteiger partial charge >= 0.3 is 5.97 Å². The van der Waals surface area contributed by atoms with Gasteiger partial charge in [0.05, 0.1) is 12.0 Å². The van der Waals surface area contributed by atoms with Crippen molar-refractivity contribution >= 4 is 5.97 Å². The normalized spacial score (nSPS) is 15.2. The number of hydrogen-bond acceptors (Lipinski definition) is 4. The third-order valence-corrected chi connectivity index (χ3v) is 3.44. The molecule has 4 heteroatoms. The van der Waals surface area contributed by atoms with Gasteiger partial charge in [0, 0.05) is 6.61 Å². The zero-order chi connectivity index (χ0) is 17.3. The van der Waals surface area contributed by atoms with Crippen LogP contribution in [0.4, 0.5) is 0 Å². The van der Waals surface area contributed by atoms with E-state index in [9.17, 15) is 4.79 Å². The minimum Gasteiger partial charge on any atom is -0.460 e. The summed E-state index contributed by atoms with van der Waals surface area (Å²) in [5, 5.41) is 0. The van der Waals surface area contributed by atoms with Gasteiger partial charge in [-0.15, -0.1) is 0 Å². The molecule has 0 saturated heterocycles. The summed E-state index contributed by atoms with van der Waals surface area (Å²) in [4.78, 5) is 12.5. The smallest absolute Gasteiger partial charge is 0.309 e. The second-order valence-corrected chi connectivity index (χ2v) is 7.89. The topological polar surface area (TPSA) is 61.5 Å². The van der Waals surface area contributed by atoms with Crippen LogP contribution in [-0.4, -0.2) is 30.8 Å². The van der Waals surface area contributed by atoms with Crippen LogP contribution in [0.25, 0.3) is 0 Å². The molecule has 0 fully saturated rings. The van der Waals surface area contributed by atoms with E-state index in [0.717, 1.165) is 19.3 Å². The minimum absolute atomic E-state index is 0.0721. The molecule has 0 saturated carbocycles. The fourth-order valence-electron chi connectivity index (χ4n) is 2.37. The van der Waals surface area contributed by atoms with Crippen LogP contribution < -0.4 is 5.73 Å². The van der Waals surface area contributed by atoms with Crippen molar-refractivity contribution in [1.82, 2.24) is 0 Å². The largest absolute Gasteiger partial charge is 0.460 e. The molecule has 0 aromatic rings. The van der Waals surface area contributed by atoms with Gasteiger partial charge in [-0.25, -0.2) is 0 Å². The van der Waals surface area contributed by atoms with E-state index in [1.165, 1.54) is 0 Å². The summed E-state index contributed by atoms with van der Waals surface area (Å²) in [6, 6.07) is 0. The second kappa shape index (κ2) is 10.2. The lowest BCUT2D eigenvalue weighted by molar-refractivity contribution is -0.162. The quantitative estimate of drug-likeness (QED) is 0.492. The Morgan fingerprint density at radius 2 is 1.68 bits per heavy atom. The average molecular weight is 315 g/mol. The molecule has 0 aliphatic carbocycles. The predicted molar refractivity (Wildman–Crippen MR) is 91.7 cm³/mol. The minimum atomic E-state index is -0.444. The van der Waals surface area contributed by atoms with Gasteiger partial charge < -0.3 is 15.2 Å². The maximum Gasteiger partial charge on any atom is 0.309 e. The van der Waals surface area contributed by atoms with Crippen molar-refractivity contribution in [2.24, 2.45) is 23.5 Å². The van der Waals surface area contributed by atoms with Crippen molar-refractivity contribution in [2.45, 2.75) is 79.4 Å². The fourth-order valence-corrected chi connectivity index (χ4v) is 2.37. The Kier molecular flexibility index (Phi) is 9.94. The molecule has 0 aliphatic rings. The fraction of sp³-hybridized carbons (Fsp3) is 0.944. The van der Waals surface area contributed by atoms with Crippen molar-refractivity contribution in [1.29, 1.82) is 0 Å². The standard InChI is InChI=1S/C18H37NO3/c1-13(2)11-15(17(20)22-18(5,6)7)12-16(14(3)4)21-10-8-9-19/h13-16H,8-12,19H2,1-7H3. The van der Waals surface area contributed by atoms with Gasteiger partial charge in [0.15, 0.2) is 0 Å². The van der Waals surface area contributed by atoms with E-state index < -0.39 is 5.60 Å². The number of rotatable bonds is 10. The lowest BCUT2D eigenvalue weighted by Crippen LogP contribution is -2.33. The molecule has 2 atom stereocenters. The van der Waals surface area contributed by atoms with Crippen molar-refractivity contribution in [3.05, 3.63) is 0 Å². The van der Waals surface area contributed by atoms with E-state index in [0.29, 0.717) is 25.0 Å². The van der Waals surface area contributed by atoms with Crippen molar-refractivity contribution in [3.63, 3.8) is 0 Å². The highest BCUT2D eigenvalue weighted by molar-refractivity contribution is 5.72. The molecule has 0 radical (unpaired) electrons. The molecule has 2 N–H and O–H groups in total. The zero-order valence-corrected chi connectivity index (χ0v) is 15.6. The van der Waals surface area contributed by atoms with E-state index in [4.69, 9.17) is 15.2 Å². The lowest BCUT2D eigenvalue weighted by atomic mass is 9.88. The van der Waals surface area contributed by atoms with Crippen LogP contribution >= 0.6 is 0 Å². The molecule has 0 aromatic heterocycles. The van der Waals surface area contributed by atoms with E-state index >= 15 is 0 Å². The summed E-state index contributed by atoms with van der Waals surface area (Å²) in [5.74, 6) is 0.614. The average Bonchev–Trinajstić information content (AvgIpc) is 2.33. The molecule has 0 spiro atoms. The molecule has 0 aliphatic heterocycles. The van der Waals surface area contributed by atoms with Crippen molar-refractivity contribution in [3.8, 4) is 0 Å². The van der Waals surface area contributed by atoms with Crippen LogP contribution in [-0.2, 0) is 14.3 Å². The molecule has 4 nitrogen and oxygen atoms in total. The first-order valence-corrected chi connectivity index (χ1v) is 8.61. The Bertz CT molecular complexity index is 308. The monoisotopic (exact) mass is 315 g/mol. The Balaban J connectivity index is 4.80. The van der Waals surface area contributed by atoms with Crippen LogP contribution in [0.15, 0.2) is 0 Å². The Hall–Kier alpha value is -0.610. The molecule has 22 heavy (non-hydrogen) atoms. The molecule has 0 heterocycles. The number of carbonyl (C=O) groups excluding carboxylic acids is 1. The third-order valence-electron chi connectivity index (χ3n) is 3.44. The van der Waals surface area contributed by atoms with E-state index in [2.05, 4.69) is 27.7 Å². The van der Waals surface area contributed by atoms with Gasteiger partial charge in [0.2, 0.25) is 0 Å². The molecule has 0 rings (SSSR count). The SMILES string of the molecule is CC(C)CC(CC(OCCCN)C(C)C)C(=O)OC(C)(C)C. The van der Waals surface area contributed by atoms with E-state index in [1.807, 2.05) is 20.8 Å². The number of nitrogens with two attached hydrogens (primary N) is 1. The van der Waals surface area contributed by atoms with Gasteiger partial charge in [-0.2, -0.15) is 0 Å². The van der Waals surface area contributed by atoms with Crippen LogP contribution in [0.2, 0.25) is 0 Å². The summed E-state index contributed by atoms with van der Waals surface area (Å²) in [6.07, 6.45) is 2.47. The summed E-state index contributed by atoms with van der Waals surface area (Å²) in [5.41, 5.74) is 5.08. The second-order valence-electron chi connectivity index (χ2n) is 7.89. The van der Waals surface area contributed by atoms with Crippen molar-refractivity contribution < 1.29 is 14.3 Å². The molecule has 132 valence electrons. The number of ether oxygens (including phenoxy) is 2. The van der Waals surface area contributed by atoms with Gasteiger partial charge in [0.1, 0.15) is 5.60 Å². The van der Waals surface area contributed by atoms with E-state index in [1.54, 1.807) is 0 Å². The van der Waals surface area contributed by atoms with Crippen LogP contribution in [0, 0.1) is 17.8 Å². The Labute approximate surface area is 137 Å². The summed E-state index contributed by atoms with van der Waals surface area (Å²) in [6.45, 7) is 15.6. The highest BCUT2D eigenvalue weighted by atomic mass is 16.6. The Morgan fingerprint density at radius 1 is 1.09 bits per heavy atom. The van der Waals surface area contributed by atoms with Crippen molar-refractivity contribution in [2.75, 3.05) is 13.2 Å². The first-order chi connectivity index (χ1) is 10.1. The number of carbonyl (C=O) groups is 1. The van der Waals surface area contributed by atoms with Gasteiger partial charge in [-0.3, -0.25) is 4.79 Å². The van der Waals surface area contributed by atoms with Crippen LogP contribution in [0.5, 0.6) is 0 Å². The Morgan fingerprint density at radius 3 is 2.09 bits per heavy atom. The summed E-state index contributed by atoms with van der Waals surface area (Å²) >= 11 is 0. The van der Waals surface area contributed by atoms with Gasteiger partial charge in [-0.05, 0) is 58.4 Å². The third kappa shape index (κ3) is 10.2. The molecule has 0 amide bonds. The molecule has 0 bridgehead atoms. The highest BCUT2D eigenvalue weighted by Gasteiger charge is 2.29. The first kappa shape index (κ1) is 21.4. The van der Waals surface area contributed by atoms with Gasteiger partial charge in [0.25, 0.3) is 0 Å². The zero-order valence-electron chi connectivity index (χ0n) is 15.6. The van der Waals surface area contributed by atoms with Crippen LogP contribution in [0.3, 0.4) is 0 Å². The van der Waals surface area contributed by atoms with Gasteiger partial charge in [-0.1, -0.05) is 27.7 Å². The maximum absolute atomic E-state index is 12.5. The van der Waals surface area contributed by atoms with E-state index in [-0.39, 0.29) is 18.0 Å². The number of hydrogen-bond donors (Lipinski definition) is 1. The molecule has 0 aromatic carbocycles. The highest BCUT2D eigenvalue weighted by Crippen LogP contribution is 2.25. The lowest BCUT2D eigenvalue weighted by Gasteiger charge is -2.29. The van der Waals surface area contributed by atoms with Crippen LogP contribution in [0.1, 0.15) is 67.7 Å². The summed E-state index contributed by atoms with van der Waals surface area (Å²) in [7, 11) is 0. The summed E-state index contributed by atoms with van der Waals surface area (Å²) < 4.78 is 11.5. The predicted octanol–water partition coefficient (Wildman–Crippen LogP) is 3.77. The number of esters is 1. The first-order valence-electron chi connectivity index (χ1n) is 8.61. The molecular weight excluding hydrogens is 278 g/mol.